The van der Waals surface area contributed by atoms with Gasteiger partial charge in [-0.05, 0) is 18.6 Å². The summed E-state index contributed by atoms with van der Waals surface area (Å²) in [5.74, 6) is 2.07. The number of methoxy groups -OCH3 is 2. The fraction of sp³-hybridized carbons (Fsp3) is 0.238. The molecule has 3 aromatic rings. The lowest BCUT2D eigenvalue weighted by Gasteiger charge is -2.12. The van der Waals surface area contributed by atoms with Crippen LogP contribution in [0.4, 0.5) is 17.5 Å². The van der Waals surface area contributed by atoms with Gasteiger partial charge in [-0.25, -0.2) is 4.98 Å². The maximum Gasteiger partial charge on any atom is 0.229 e. The summed E-state index contributed by atoms with van der Waals surface area (Å²) in [6, 6.07) is 19.7. The van der Waals surface area contributed by atoms with Crippen molar-refractivity contribution in [2.45, 2.75) is 6.42 Å². The van der Waals surface area contributed by atoms with Gasteiger partial charge in [0.05, 0.1) is 12.8 Å². The van der Waals surface area contributed by atoms with E-state index in [0.717, 1.165) is 41.5 Å². The van der Waals surface area contributed by atoms with Gasteiger partial charge in [0.15, 0.2) is 0 Å². The molecule has 2 aromatic carbocycles. The molecule has 0 aliphatic rings. The predicted molar refractivity (Wildman–Crippen MR) is 109 cm³/mol. The van der Waals surface area contributed by atoms with E-state index in [1.807, 2.05) is 60.7 Å². The quantitative estimate of drug-likeness (QED) is 0.550. The number of nitrogens with one attached hydrogen (secondary N) is 2. The number of anilines is 3. The molecule has 0 saturated heterocycles. The van der Waals surface area contributed by atoms with Crippen molar-refractivity contribution in [1.82, 2.24) is 9.97 Å². The highest BCUT2D eigenvalue weighted by Crippen LogP contribution is 2.24. The van der Waals surface area contributed by atoms with E-state index in [9.17, 15) is 0 Å². The summed E-state index contributed by atoms with van der Waals surface area (Å²) < 4.78 is 10.4. The van der Waals surface area contributed by atoms with Gasteiger partial charge in [0.2, 0.25) is 5.95 Å². The molecule has 0 unspecified atom stereocenters. The van der Waals surface area contributed by atoms with Crippen LogP contribution >= 0.6 is 0 Å². The Hall–Kier alpha value is -3.12. The normalized spacial score (nSPS) is 10.4. The van der Waals surface area contributed by atoms with E-state index < -0.39 is 0 Å². The van der Waals surface area contributed by atoms with Crippen LogP contribution in [0.5, 0.6) is 5.75 Å². The minimum Gasteiger partial charge on any atom is -0.497 e. The Labute approximate surface area is 159 Å². The zero-order valence-corrected chi connectivity index (χ0v) is 15.6. The average Bonchev–Trinajstić information content (AvgIpc) is 2.72. The Morgan fingerprint density at radius 2 is 1.78 bits per heavy atom. The van der Waals surface area contributed by atoms with E-state index in [2.05, 4.69) is 20.6 Å². The largest absolute Gasteiger partial charge is 0.497 e. The third-order valence-electron chi connectivity index (χ3n) is 3.95. The Bertz CT molecular complexity index is 856. The summed E-state index contributed by atoms with van der Waals surface area (Å²) in [6.45, 7) is 1.48. The third-order valence-corrected chi connectivity index (χ3v) is 3.95. The zero-order valence-electron chi connectivity index (χ0n) is 15.6. The minimum absolute atomic E-state index is 0.527. The van der Waals surface area contributed by atoms with Crippen molar-refractivity contribution in [3.05, 3.63) is 60.7 Å². The van der Waals surface area contributed by atoms with Crippen LogP contribution in [-0.4, -0.2) is 37.3 Å². The Morgan fingerprint density at radius 1 is 0.926 bits per heavy atom. The molecule has 0 spiro atoms. The summed E-state index contributed by atoms with van der Waals surface area (Å²) in [7, 11) is 3.35. The molecule has 0 atom stereocenters. The van der Waals surface area contributed by atoms with E-state index in [-0.39, 0.29) is 0 Å². The number of aromatic nitrogens is 2. The van der Waals surface area contributed by atoms with E-state index in [1.165, 1.54) is 0 Å². The van der Waals surface area contributed by atoms with E-state index in [1.54, 1.807) is 14.2 Å². The van der Waals surface area contributed by atoms with Gasteiger partial charge in [-0.15, -0.1) is 0 Å². The second-order valence-electron chi connectivity index (χ2n) is 5.96. The summed E-state index contributed by atoms with van der Waals surface area (Å²) in [4.78, 5) is 9.26. The molecule has 6 heteroatoms. The van der Waals surface area contributed by atoms with Crippen LogP contribution in [0.1, 0.15) is 6.42 Å². The molecule has 0 fully saturated rings. The Balaban J connectivity index is 1.86. The van der Waals surface area contributed by atoms with Crippen molar-refractivity contribution in [1.29, 1.82) is 0 Å². The van der Waals surface area contributed by atoms with Crippen molar-refractivity contribution in [2.75, 3.05) is 38.0 Å². The highest BCUT2D eigenvalue weighted by Gasteiger charge is 2.08. The molecule has 0 aliphatic carbocycles. The molecule has 0 bridgehead atoms. The zero-order chi connectivity index (χ0) is 18.9. The van der Waals surface area contributed by atoms with Gasteiger partial charge in [-0.1, -0.05) is 36.4 Å². The third kappa shape index (κ3) is 5.43. The van der Waals surface area contributed by atoms with Crippen LogP contribution in [0, 0.1) is 0 Å². The number of benzene rings is 2. The summed E-state index contributed by atoms with van der Waals surface area (Å²) in [5.41, 5.74) is 2.75. The van der Waals surface area contributed by atoms with Crippen LogP contribution in [0.2, 0.25) is 0 Å². The molecule has 27 heavy (non-hydrogen) atoms. The maximum absolute atomic E-state index is 5.28. The van der Waals surface area contributed by atoms with Crippen LogP contribution in [0.15, 0.2) is 60.7 Å². The van der Waals surface area contributed by atoms with Crippen molar-refractivity contribution in [3.8, 4) is 17.0 Å². The first kappa shape index (κ1) is 18.7. The van der Waals surface area contributed by atoms with Crippen molar-refractivity contribution in [2.24, 2.45) is 0 Å². The average molecular weight is 364 g/mol. The minimum atomic E-state index is 0.527. The second kappa shape index (κ2) is 9.54. The summed E-state index contributed by atoms with van der Waals surface area (Å²) in [6.07, 6.45) is 0.903. The summed E-state index contributed by atoms with van der Waals surface area (Å²) in [5, 5.41) is 6.61. The number of hydrogen-bond acceptors (Lipinski definition) is 6. The highest BCUT2D eigenvalue weighted by atomic mass is 16.5. The van der Waals surface area contributed by atoms with Crippen LogP contribution in [-0.2, 0) is 4.74 Å². The number of hydrogen-bond donors (Lipinski definition) is 2. The first-order chi connectivity index (χ1) is 13.3. The topological polar surface area (TPSA) is 68.3 Å². The summed E-state index contributed by atoms with van der Waals surface area (Å²) >= 11 is 0. The number of rotatable bonds is 9. The van der Waals surface area contributed by atoms with Crippen molar-refractivity contribution < 1.29 is 9.47 Å². The van der Waals surface area contributed by atoms with Crippen LogP contribution in [0.3, 0.4) is 0 Å². The molecule has 140 valence electrons. The molecule has 0 saturated carbocycles. The fourth-order valence-electron chi connectivity index (χ4n) is 2.61. The standard InChI is InChI=1S/C21H24N4O2/c1-26-13-7-12-22-20-15-19(16-8-4-3-5-9-16)24-21(25-20)23-17-10-6-11-18(14-17)27-2/h3-6,8-11,14-15H,7,12-13H2,1-2H3,(H2,22,23,24,25). The molecule has 0 aliphatic heterocycles. The molecule has 2 N–H and O–H groups in total. The Morgan fingerprint density at radius 3 is 2.56 bits per heavy atom. The van der Waals surface area contributed by atoms with Crippen molar-refractivity contribution >= 4 is 17.5 Å². The van der Waals surface area contributed by atoms with Gasteiger partial charge in [0, 0.05) is 43.6 Å². The van der Waals surface area contributed by atoms with Gasteiger partial charge >= 0.3 is 0 Å². The van der Waals surface area contributed by atoms with Gasteiger partial charge < -0.3 is 20.1 Å². The maximum atomic E-state index is 5.28. The molecule has 6 nitrogen and oxygen atoms in total. The van der Waals surface area contributed by atoms with E-state index in [4.69, 9.17) is 9.47 Å². The molecular weight excluding hydrogens is 340 g/mol. The van der Waals surface area contributed by atoms with Gasteiger partial charge in [0.1, 0.15) is 11.6 Å². The van der Waals surface area contributed by atoms with Crippen LogP contribution < -0.4 is 15.4 Å². The first-order valence-electron chi connectivity index (χ1n) is 8.87. The van der Waals surface area contributed by atoms with Crippen LogP contribution in [0.25, 0.3) is 11.3 Å². The monoisotopic (exact) mass is 364 g/mol. The van der Waals surface area contributed by atoms with Crippen molar-refractivity contribution in [3.63, 3.8) is 0 Å². The number of nitrogens with zero attached hydrogens (tertiary/aromatic N) is 2. The van der Waals surface area contributed by atoms with Gasteiger partial charge in [-0.2, -0.15) is 4.98 Å². The highest BCUT2D eigenvalue weighted by molar-refractivity contribution is 5.66. The van der Waals surface area contributed by atoms with Gasteiger partial charge in [-0.3, -0.25) is 0 Å². The molecule has 1 aromatic heterocycles. The SMILES string of the molecule is COCCCNc1cc(-c2ccccc2)nc(Nc2cccc(OC)c2)n1. The Kier molecular flexibility index (Phi) is 6.60. The first-order valence-corrected chi connectivity index (χ1v) is 8.87. The van der Waals surface area contributed by atoms with E-state index >= 15 is 0 Å². The lowest BCUT2D eigenvalue weighted by molar-refractivity contribution is 0.198. The molecule has 1 heterocycles. The van der Waals surface area contributed by atoms with Gasteiger partial charge in [0.25, 0.3) is 0 Å². The number of ether oxygens (including phenoxy) is 2. The molecule has 3 rings (SSSR count). The fourth-order valence-corrected chi connectivity index (χ4v) is 2.61. The van der Waals surface area contributed by atoms with E-state index in [0.29, 0.717) is 12.6 Å². The lowest BCUT2D eigenvalue weighted by Crippen LogP contribution is -2.08. The second-order valence-corrected chi connectivity index (χ2v) is 5.96. The lowest BCUT2D eigenvalue weighted by atomic mass is 10.1. The molecular formula is C21H24N4O2. The predicted octanol–water partition coefficient (Wildman–Crippen LogP) is 4.34. The molecule has 0 radical (unpaired) electrons. The molecule has 0 amide bonds. The smallest absolute Gasteiger partial charge is 0.229 e.